The largest absolute Gasteiger partial charge is 0.481 e. The zero-order valence-corrected chi connectivity index (χ0v) is 12.1. The molecule has 2 rings (SSSR count). The van der Waals surface area contributed by atoms with Gasteiger partial charge in [0.2, 0.25) is 5.91 Å². The standard InChI is InChI=1S/C13H15BrN2O3/c1-2-16-11(17)6-4-9(13(18)19)12(16)10-5-3-8(14)7-15-10/h3,5,7,9,12H,2,4,6H2,1H3,(H,18,19). The van der Waals surface area contributed by atoms with E-state index in [1.165, 1.54) is 0 Å². The first-order valence-corrected chi connectivity index (χ1v) is 6.97. The van der Waals surface area contributed by atoms with Gasteiger partial charge in [-0.15, -0.1) is 0 Å². The fourth-order valence-corrected chi connectivity index (χ4v) is 2.75. The van der Waals surface area contributed by atoms with Crippen LogP contribution in [0.15, 0.2) is 22.8 Å². The lowest BCUT2D eigenvalue weighted by Gasteiger charge is -2.38. The second kappa shape index (κ2) is 5.69. The molecular formula is C13H15BrN2O3. The van der Waals surface area contributed by atoms with Gasteiger partial charge in [-0.05, 0) is 41.4 Å². The number of aliphatic carboxylic acids is 1. The van der Waals surface area contributed by atoms with Crippen molar-refractivity contribution in [2.45, 2.75) is 25.8 Å². The summed E-state index contributed by atoms with van der Waals surface area (Å²) in [4.78, 5) is 29.2. The van der Waals surface area contributed by atoms with E-state index in [4.69, 9.17) is 0 Å². The molecule has 5 nitrogen and oxygen atoms in total. The van der Waals surface area contributed by atoms with Crippen LogP contribution in [0.4, 0.5) is 0 Å². The third-order valence-electron chi connectivity index (χ3n) is 3.42. The third kappa shape index (κ3) is 2.78. The lowest BCUT2D eigenvalue weighted by Crippen LogP contribution is -2.45. The van der Waals surface area contributed by atoms with E-state index in [1.807, 2.05) is 13.0 Å². The van der Waals surface area contributed by atoms with Gasteiger partial charge in [-0.1, -0.05) is 0 Å². The minimum Gasteiger partial charge on any atom is -0.481 e. The molecule has 102 valence electrons. The number of hydrogen-bond donors (Lipinski definition) is 1. The van der Waals surface area contributed by atoms with Crippen LogP contribution < -0.4 is 0 Å². The monoisotopic (exact) mass is 326 g/mol. The molecule has 1 aliphatic heterocycles. The zero-order valence-electron chi connectivity index (χ0n) is 10.5. The first-order valence-electron chi connectivity index (χ1n) is 6.18. The maximum atomic E-state index is 11.9. The zero-order chi connectivity index (χ0) is 14.0. The maximum absolute atomic E-state index is 11.9. The Bertz CT molecular complexity index is 487. The summed E-state index contributed by atoms with van der Waals surface area (Å²) in [6.45, 7) is 2.35. The number of halogens is 1. The van der Waals surface area contributed by atoms with Crippen molar-refractivity contribution in [1.29, 1.82) is 0 Å². The minimum atomic E-state index is -0.874. The highest BCUT2D eigenvalue weighted by Crippen LogP contribution is 2.36. The number of carboxylic acids is 1. The lowest BCUT2D eigenvalue weighted by atomic mass is 9.86. The van der Waals surface area contributed by atoms with Crippen LogP contribution in [-0.4, -0.2) is 33.4 Å². The average molecular weight is 327 g/mol. The van der Waals surface area contributed by atoms with Crippen molar-refractivity contribution in [3.8, 4) is 0 Å². The first-order chi connectivity index (χ1) is 9.04. The highest BCUT2D eigenvalue weighted by Gasteiger charge is 2.40. The normalized spacial score (nSPS) is 23.5. The Hall–Kier alpha value is -1.43. The van der Waals surface area contributed by atoms with Crippen LogP contribution >= 0.6 is 15.9 Å². The number of hydrogen-bond acceptors (Lipinski definition) is 3. The molecule has 2 heterocycles. The second-order valence-electron chi connectivity index (χ2n) is 4.51. The quantitative estimate of drug-likeness (QED) is 0.924. The van der Waals surface area contributed by atoms with E-state index in [1.54, 1.807) is 17.2 Å². The number of carbonyl (C=O) groups excluding carboxylic acids is 1. The summed E-state index contributed by atoms with van der Waals surface area (Å²) in [5, 5.41) is 9.35. The molecule has 0 aliphatic carbocycles. The number of likely N-dealkylation sites (tertiary alicyclic amines) is 1. The summed E-state index contributed by atoms with van der Waals surface area (Å²) in [5.74, 6) is -1.47. The van der Waals surface area contributed by atoms with Crippen LogP contribution in [-0.2, 0) is 9.59 Å². The fraction of sp³-hybridized carbons (Fsp3) is 0.462. The van der Waals surface area contributed by atoms with E-state index < -0.39 is 17.9 Å². The Balaban J connectivity index is 2.40. The molecule has 0 bridgehead atoms. The van der Waals surface area contributed by atoms with Crippen molar-refractivity contribution in [2.75, 3.05) is 6.54 Å². The highest BCUT2D eigenvalue weighted by molar-refractivity contribution is 9.10. The lowest BCUT2D eigenvalue weighted by molar-refractivity contribution is -0.152. The Labute approximate surface area is 119 Å². The van der Waals surface area contributed by atoms with Crippen LogP contribution in [0, 0.1) is 5.92 Å². The summed E-state index contributed by atoms with van der Waals surface area (Å²) in [5.41, 5.74) is 0.630. The van der Waals surface area contributed by atoms with E-state index in [0.717, 1.165) is 4.47 Å². The van der Waals surface area contributed by atoms with Gasteiger partial charge >= 0.3 is 5.97 Å². The minimum absolute atomic E-state index is 0.00489. The Morgan fingerprint density at radius 3 is 2.84 bits per heavy atom. The van der Waals surface area contributed by atoms with Crippen LogP contribution in [0.5, 0.6) is 0 Å². The smallest absolute Gasteiger partial charge is 0.309 e. The number of rotatable bonds is 3. The van der Waals surface area contributed by atoms with Gasteiger partial charge in [-0.2, -0.15) is 0 Å². The van der Waals surface area contributed by atoms with Crippen molar-refractivity contribution >= 4 is 27.8 Å². The van der Waals surface area contributed by atoms with Gasteiger partial charge < -0.3 is 10.0 Å². The molecule has 1 aliphatic rings. The molecule has 1 N–H and O–H groups in total. The van der Waals surface area contributed by atoms with Crippen molar-refractivity contribution in [1.82, 2.24) is 9.88 Å². The van der Waals surface area contributed by atoms with E-state index >= 15 is 0 Å². The summed E-state index contributed by atoms with van der Waals surface area (Å²) in [6, 6.07) is 3.11. The highest BCUT2D eigenvalue weighted by atomic mass is 79.9. The Morgan fingerprint density at radius 1 is 1.58 bits per heavy atom. The van der Waals surface area contributed by atoms with Gasteiger partial charge in [0.15, 0.2) is 0 Å². The van der Waals surface area contributed by atoms with E-state index in [9.17, 15) is 14.7 Å². The SMILES string of the molecule is CCN1C(=O)CCC(C(=O)O)C1c1ccc(Br)cn1. The van der Waals surface area contributed by atoms with Gasteiger partial charge in [-0.25, -0.2) is 0 Å². The number of carbonyl (C=O) groups is 2. The second-order valence-corrected chi connectivity index (χ2v) is 5.42. The van der Waals surface area contributed by atoms with Gasteiger partial charge in [0.05, 0.1) is 17.7 Å². The van der Waals surface area contributed by atoms with Gasteiger partial charge in [0.1, 0.15) is 0 Å². The number of aromatic nitrogens is 1. The molecule has 2 unspecified atom stereocenters. The summed E-state index contributed by atoms with van der Waals surface area (Å²) < 4.78 is 0.827. The molecule has 6 heteroatoms. The van der Waals surface area contributed by atoms with Crippen molar-refractivity contribution < 1.29 is 14.7 Å². The fourth-order valence-electron chi connectivity index (χ4n) is 2.51. The van der Waals surface area contributed by atoms with Crippen LogP contribution in [0.2, 0.25) is 0 Å². The average Bonchev–Trinajstić information content (AvgIpc) is 2.39. The summed E-state index contributed by atoms with van der Waals surface area (Å²) >= 11 is 3.30. The van der Waals surface area contributed by atoms with Crippen molar-refractivity contribution in [3.05, 3.63) is 28.5 Å². The summed E-state index contributed by atoms with van der Waals surface area (Å²) in [6.07, 6.45) is 2.28. The molecular weight excluding hydrogens is 312 g/mol. The molecule has 1 amide bonds. The predicted octanol–water partition coefficient (Wildman–Crippen LogP) is 2.23. The molecule has 1 saturated heterocycles. The first kappa shape index (κ1) is 14.0. The van der Waals surface area contributed by atoms with Crippen molar-refractivity contribution in [2.24, 2.45) is 5.92 Å². The van der Waals surface area contributed by atoms with Crippen LogP contribution in [0.1, 0.15) is 31.5 Å². The molecule has 1 fully saturated rings. The molecule has 2 atom stereocenters. The number of pyridine rings is 1. The van der Waals surface area contributed by atoms with Gasteiger partial charge in [0.25, 0.3) is 0 Å². The number of nitrogens with zero attached hydrogens (tertiary/aromatic N) is 2. The third-order valence-corrected chi connectivity index (χ3v) is 3.89. The molecule has 0 spiro atoms. The predicted molar refractivity (Wildman–Crippen MR) is 72.4 cm³/mol. The molecule has 1 aromatic rings. The van der Waals surface area contributed by atoms with Gasteiger partial charge in [-0.3, -0.25) is 14.6 Å². The molecule has 0 saturated carbocycles. The molecule has 0 aromatic carbocycles. The summed E-state index contributed by atoms with van der Waals surface area (Å²) in [7, 11) is 0. The van der Waals surface area contributed by atoms with E-state index in [0.29, 0.717) is 18.7 Å². The topological polar surface area (TPSA) is 70.5 Å². The number of carboxylic acid groups (broad SMARTS) is 1. The van der Waals surface area contributed by atoms with Gasteiger partial charge in [0, 0.05) is 23.6 Å². The van der Waals surface area contributed by atoms with Crippen molar-refractivity contribution in [3.63, 3.8) is 0 Å². The Morgan fingerprint density at radius 2 is 2.32 bits per heavy atom. The Kier molecular flexibility index (Phi) is 4.19. The van der Waals surface area contributed by atoms with Crippen LogP contribution in [0.3, 0.4) is 0 Å². The number of piperidine rings is 1. The van der Waals surface area contributed by atoms with E-state index in [-0.39, 0.29) is 12.3 Å². The molecule has 19 heavy (non-hydrogen) atoms. The van der Waals surface area contributed by atoms with Crippen LogP contribution in [0.25, 0.3) is 0 Å². The molecule has 1 aromatic heterocycles. The maximum Gasteiger partial charge on any atom is 0.309 e. The molecule has 0 radical (unpaired) electrons. The number of amides is 1. The van der Waals surface area contributed by atoms with E-state index in [2.05, 4.69) is 20.9 Å².